The molecule has 0 bridgehead atoms. The second kappa shape index (κ2) is 12.1. The fourth-order valence-corrected chi connectivity index (χ4v) is 11.3. The van der Waals surface area contributed by atoms with Crippen molar-refractivity contribution in [1.82, 2.24) is 0 Å². The van der Waals surface area contributed by atoms with Crippen LogP contribution in [0.2, 0.25) is 0 Å². The molecule has 0 unspecified atom stereocenters. The molecule has 1 aliphatic carbocycles. The predicted molar refractivity (Wildman–Crippen MR) is 252 cm³/mol. The fraction of sp³-hybridized carbons (Fsp3) is 0.0169. The number of fused-ring (bicyclic) bond motifs is 11. The van der Waals surface area contributed by atoms with Gasteiger partial charge in [-0.15, -0.1) is 0 Å². The minimum Gasteiger partial charge on any atom is -0.457 e. The van der Waals surface area contributed by atoms with Crippen LogP contribution in [0.5, 0.6) is 11.5 Å². The first-order valence-corrected chi connectivity index (χ1v) is 21.1. The zero-order valence-corrected chi connectivity index (χ0v) is 32.9. The molecular formula is C59H34O2. The molecule has 11 aromatic carbocycles. The molecule has 2 nitrogen and oxygen atoms in total. The van der Waals surface area contributed by atoms with Crippen LogP contribution < -0.4 is 4.74 Å². The van der Waals surface area contributed by atoms with Gasteiger partial charge in [0.2, 0.25) is 0 Å². The van der Waals surface area contributed by atoms with Crippen molar-refractivity contribution in [2.75, 3.05) is 0 Å². The van der Waals surface area contributed by atoms with Crippen LogP contribution in [0.25, 0.3) is 98.4 Å². The van der Waals surface area contributed by atoms with E-state index in [0.717, 1.165) is 44.9 Å². The van der Waals surface area contributed by atoms with E-state index in [4.69, 9.17) is 9.15 Å². The van der Waals surface area contributed by atoms with Crippen molar-refractivity contribution >= 4 is 65.0 Å². The van der Waals surface area contributed by atoms with Gasteiger partial charge in [0.05, 0.1) is 5.41 Å². The van der Waals surface area contributed by atoms with Crippen LogP contribution in [-0.2, 0) is 5.41 Å². The van der Waals surface area contributed by atoms with Gasteiger partial charge in [0, 0.05) is 21.9 Å². The molecule has 12 aromatic rings. The Morgan fingerprint density at radius 1 is 0.311 bits per heavy atom. The van der Waals surface area contributed by atoms with E-state index >= 15 is 0 Å². The van der Waals surface area contributed by atoms with Gasteiger partial charge in [-0.1, -0.05) is 170 Å². The Kier molecular flexibility index (Phi) is 6.52. The maximum atomic E-state index is 6.70. The summed E-state index contributed by atoms with van der Waals surface area (Å²) in [6, 6.07) is 75.4. The standard InChI is InChI=1S/C59H34O2/c1-2-15-39-37(14-1)32-46(41-17-4-3-16-40(39)41)56-44-20-7-5-18-42(44)55(43-19-6-8-21-45(43)56)36-30-28-35(29-31-36)38-33-50-58-54(34-38)61-53-27-13-24-49(57(53)58)59(50)47-22-9-11-25-51(47)60-52-26-12-10-23-48(52)59/h1-34H. The topological polar surface area (TPSA) is 22.4 Å². The van der Waals surface area contributed by atoms with Crippen LogP contribution >= 0.6 is 0 Å². The molecule has 0 amide bonds. The number of para-hydroxylation sites is 2. The summed E-state index contributed by atoms with van der Waals surface area (Å²) in [5.74, 6) is 1.78. The normalized spacial score (nSPS) is 13.5. The Hall–Kier alpha value is -7.94. The highest BCUT2D eigenvalue weighted by atomic mass is 16.5. The summed E-state index contributed by atoms with van der Waals surface area (Å²) in [7, 11) is 0. The van der Waals surface area contributed by atoms with E-state index in [1.54, 1.807) is 0 Å². The van der Waals surface area contributed by atoms with Gasteiger partial charge < -0.3 is 9.15 Å². The molecule has 2 heteroatoms. The van der Waals surface area contributed by atoms with Crippen molar-refractivity contribution < 1.29 is 9.15 Å². The van der Waals surface area contributed by atoms with Crippen molar-refractivity contribution in [3.8, 4) is 44.9 Å². The summed E-state index contributed by atoms with van der Waals surface area (Å²) in [6.45, 7) is 0. The third-order valence-corrected chi connectivity index (χ3v) is 13.7. The van der Waals surface area contributed by atoms with Crippen molar-refractivity contribution in [2.24, 2.45) is 0 Å². The van der Waals surface area contributed by atoms with E-state index in [1.165, 1.54) is 87.2 Å². The first-order chi connectivity index (χ1) is 30.3. The SMILES string of the molecule is c1ccc2c(c1)Oc1ccccc1C21c2cccc3oc4cc(-c5ccc(-c6c7ccccc7c(-c7cc8ccccc8c8ccccc78)c7ccccc67)cc5)cc1c4c23. The van der Waals surface area contributed by atoms with E-state index < -0.39 is 5.41 Å². The molecule has 282 valence electrons. The van der Waals surface area contributed by atoms with Crippen LogP contribution in [0, 0.1) is 0 Å². The number of hydrogen-bond donors (Lipinski definition) is 0. The van der Waals surface area contributed by atoms with Crippen LogP contribution in [0.3, 0.4) is 0 Å². The van der Waals surface area contributed by atoms with Gasteiger partial charge in [-0.25, -0.2) is 0 Å². The van der Waals surface area contributed by atoms with E-state index in [9.17, 15) is 0 Å². The van der Waals surface area contributed by atoms with Gasteiger partial charge in [-0.05, 0) is 124 Å². The van der Waals surface area contributed by atoms with Crippen molar-refractivity contribution in [3.63, 3.8) is 0 Å². The Bertz CT molecular complexity index is 3750. The zero-order chi connectivity index (χ0) is 39.8. The molecule has 1 aromatic heterocycles. The quantitative estimate of drug-likeness (QED) is 0.132. The Morgan fingerprint density at radius 2 is 0.836 bits per heavy atom. The molecule has 0 atom stereocenters. The molecule has 2 aliphatic rings. The highest BCUT2D eigenvalue weighted by Gasteiger charge is 2.51. The predicted octanol–water partition coefficient (Wildman–Crippen LogP) is 16.0. The molecule has 0 N–H and O–H groups in total. The molecule has 2 heterocycles. The largest absolute Gasteiger partial charge is 0.457 e. The lowest BCUT2D eigenvalue weighted by atomic mass is 9.65. The first kappa shape index (κ1) is 33.0. The molecule has 61 heavy (non-hydrogen) atoms. The molecule has 1 aliphatic heterocycles. The van der Waals surface area contributed by atoms with E-state index in [1.807, 2.05) is 0 Å². The lowest BCUT2D eigenvalue weighted by Gasteiger charge is -2.39. The second-order valence-electron chi connectivity index (χ2n) is 16.6. The highest BCUT2D eigenvalue weighted by Crippen LogP contribution is 2.62. The summed E-state index contributed by atoms with van der Waals surface area (Å²) in [4.78, 5) is 0. The summed E-state index contributed by atoms with van der Waals surface area (Å²) >= 11 is 0. The number of furan rings is 1. The summed E-state index contributed by atoms with van der Waals surface area (Å²) < 4.78 is 13.3. The lowest BCUT2D eigenvalue weighted by Crippen LogP contribution is -2.32. The van der Waals surface area contributed by atoms with Gasteiger partial charge in [0.25, 0.3) is 0 Å². The minimum absolute atomic E-state index is 0.545. The molecule has 0 saturated carbocycles. The van der Waals surface area contributed by atoms with Crippen LogP contribution in [0.15, 0.2) is 211 Å². The molecule has 0 radical (unpaired) electrons. The molecular weight excluding hydrogens is 741 g/mol. The number of benzene rings is 11. The Morgan fingerprint density at radius 3 is 1.52 bits per heavy atom. The second-order valence-corrected chi connectivity index (χ2v) is 16.6. The smallest absolute Gasteiger partial charge is 0.136 e. The van der Waals surface area contributed by atoms with Gasteiger partial charge in [0.1, 0.15) is 22.7 Å². The number of hydrogen-bond acceptors (Lipinski definition) is 2. The van der Waals surface area contributed by atoms with E-state index in [0.29, 0.717) is 0 Å². The molecule has 1 spiro atoms. The summed E-state index contributed by atoms with van der Waals surface area (Å²) in [6.07, 6.45) is 0. The van der Waals surface area contributed by atoms with Gasteiger partial charge >= 0.3 is 0 Å². The van der Waals surface area contributed by atoms with Gasteiger partial charge in [-0.2, -0.15) is 0 Å². The minimum atomic E-state index is -0.545. The van der Waals surface area contributed by atoms with Crippen LogP contribution in [0.4, 0.5) is 0 Å². The third-order valence-electron chi connectivity index (χ3n) is 13.7. The highest BCUT2D eigenvalue weighted by molar-refractivity contribution is 6.26. The maximum Gasteiger partial charge on any atom is 0.136 e. The van der Waals surface area contributed by atoms with Crippen molar-refractivity contribution in [2.45, 2.75) is 5.41 Å². The molecule has 14 rings (SSSR count). The van der Waals surface area contributed by atoms with E-state index in [2.05, 4.69) is 206 Å². The average molecular weight is 775 g/mol. The summed E-state index contributed by atoms with van der Waals surface area (Å²) in [5.41, 5.74) is 13.3. The molecule has 0 fully saturated rings. The maximum absolute atomic E-state index is 6.70. The Labute approximate surface area is 351 Å². The summed E-state index contributed by atoms with van der Waals surface area (Å²) in [5, 5.41) is 12.4. The fourth-order valence-electron chi connectivity index (χ4n) is 11.3. The van der Waals surface area contributed by atoms with Crippen molar-refractivity contribution in [1.29, 1.82) is 0 Å². The Balaban J connectivity index is 0.976. The first-order valence-electron chi connectivity index (χ1n) is 21.1. The van der Waals surface area contributed by atoms with E-state index in [-0.39, 0.29) is 0 Å². The molecule has 0 saturated heterocycles. The zero-order valence-electron chi connectivity index (χ0n) is 32.9. The van der Waals surface area contributed by atoms with Gasteiger partial charge in [-0.3, -0.25) is 0 Å². The van der Waals surface area contributed by atoms with Crippen molar-refractivity contribution in [3.05, 3.63) is 229 Å². The third kappa shape index (κ3) is 4.31. The van der Waals surface area contributed by atoms with Crippen LogP contribution in [0.1, 0.15) is 22.3 Å². The monoisotopic (exact) mass is 774 g/mol. The van der Waals surface area contributed by atoms with Gasteiger partial charge in [0.15, 0.2) is 0 Å². The number of ether oxygens (including phenoxy) is 1. The lowest BCUT2D eigenvalue weighted by molar-refractivity contribution is 0.436. The van der Waals surface area contributed by atoms with Crippen LogP contribution in [-0.4, -0.2) is 0 Å². The number of rotatable bonds is 3. The average Bonchev–Trinajstić information content (AvgIpc) is 3.85.